The molecule has 0 aliphatic carbocycles. The fourth-order valence-corrected chi connectivity index (χ4v) is 4.52. The van der Waals surface area contributed by atoms with Crippen molar-refractivity contribution in [2.75, 3.05) is 31.5 Å². The number of amides is 2. The maximum Gasteiger partial charge on any atom is 0.253 e. The summed E-state index contributed by atoms with van der Waals surface area (Å²) < 4.78 is 0. The lowest BCUT2D eigenvalue weighted by Crippen LogP contribution is -2.39. The van der Waals surface area contributed by atoms with Crippen LogP contribution < -0.4 is 10.6 Å². The third-order valence-corrected chi connectivity index (χ3v) is 6.34. The molecule has 0 bridgehead atoms. The highest BCUT2D eigenvalue weighted by atomic mass is 16.2. The molecule has 3 rings (SSSR count). The summed E-state index contributed by atoms with van der Waals surface area (Å²) in [5.41, 5.74) is 2.46. The Morgan fingerprint density at radius 2 is 2.11 bits per heavy atom. The predicted octanol–water partition coefficient (Wildman–Crippen LogP) is 3.83. The topological polar surface area (TPSA) is 61.4 Å². The van der Waals surface area contributed by atoms with Crippen LogP contribution in [-0.2, 0) is 4.79 Å². The normalized spacial score (nSPS) is 23.9. The first-order valence-corrected chi connectivity index (χ1v) is 10.8. The maximum atomic E-state index is 12.8. The minimum atomic E-state index is 0.0603. The quantitative estimate of drug-likeness (QED) is 0.810. The van der Waals surface area contributed by atoms with Crippen molar-refractivity contribution in [3.8, 4) is 0 Å². The van der Waals surface area contributed by atoms with Crippen molar-refractivity contribution in [2.24, 2.45) is 17.8 Å². The highest BCUT2D eigenvalue weighted by molar-refractivity contribution is 5.96. The van der Waals surface area contributed by atoms with Crippen LogP contribution in [0.1, 0.15) is 61.9 Å². The lowest BCUT2D eigenvalue weighted by molar-refractivity contribution is -0.117. The standard InChI is InChI=1S/C23H35N3O2/c1-16-6-5-11-26(15-16)23(28)19-8-9-21(18(3)12-19)25-22(27)13-17(2)20-7-4-10-24-14-20/h8-9,12,16-17,20,24H,4-7,10-11,13-15H2,1-3H3,(H,25,27). The SMILES string of the molecule is Cc1cc(C(=O)N2CCCC(C)C2)ccc1NC(=O)CC(C)C1CCCNC1. The Bertz CT molecular complexity index is 697. The van der Waals surface area contributed by atoms with E-state index in [0.29, 0.717) is 29.7 Å². The zero-order valence-corrected chi connectivity index (χ0v) is 17.6. The molecule has 3 atom stereocenters. The largest absolute Gasteiger partial charge is 0.338 e. The summed E-state index contributed by atoms with van der Waals surface area (Å²) in [6.07, 6.45) is 5.21. The van der Waals surface area contributed by atoms with Crippen molar-refractivity contribution < 1.29 is 9.59 Å². The molecule has 5 nitrogen and oxygen atoms in total. The number of anilines is 1. The molecule has 2 aliphatic heterocycles. The number of nitrogens with one attached hydrogen (secondary N) is 2. The Hall–Kier alpha value is -1.88. The molecule has 1 aromatic rings. The summed E-state index contributed by atoms with van der Waals surface area (Å²) in [4.78, 5) is 27.3. The summed E-state index contributed by atoms with van der Waals surface area (Å²) in [6, 6.07) is 5.63. The van der Waals surface area contributed by atoms with Crippen LogP contribution in [0, 0.1) is 24.7 Å². The van der Waals surface area contributed by atoms with E-state index in [1.54, 1.807) is 0 Å². The summed E-state index contributed by atoms with van der Waals surface area (Å²) in [5.74, 6) is 1.68. The molecule has 0 spiro atoms. The molecule has 2 saturated heterocycles. The van der Waals surface area contributed by atoms with Gasteiger partial charge in [-0.3, -0.25) is 9.59 Å². The number of aryl methyl sites for hydroxylation is 1. The number of nitrogens with zero attached hydrogens (tertiary/aromatic N) is 1. The average Bonchev–Trinajstić information content (AvgIpc) is 2.69. The average molecular weight is 386 g/mol. The minimum absolute atomic E-state index is 0.0603. The number of benzene rings is 1. The summed E-state index contributed by atoms with van der Waals surface area (Å²) >= 11 is 0. The number of likely N-dealkylation sites (tertiary alicyclic amines) is 1. The lowest BCUT2D eigenvalue weighted by Gasteiger charge is -2.31. The minimum Gasteiger partial charge on any atom is -0.338 e. The summed E-state index contributed by atoms with van der Waals surface area (Å²) in [5, 5.41) is 6.48. The van der Waals surface area contributed by atoms with E-state index in [0.717, 1.165) is 43.9 Å². The molecule has 2 fully saturated rings. The van der Waals surface area contributed by atoms with Crippen molar-refractivity contribution in [3.05, 3.63) is 29.3 Å². The molecule has 0 aromatic heterocycles. The van der Waals surface area contributed by atoms with E-state index in [4.69, 9.17) is 0 Å². The molecule has 0 saturated carbocycles. The van der Waals surface area contributed by atoms with Crippen LogP contribution in [0.15, 0.2) is 18.2 Å². The van der Waals surface area contributed by atoms with Crippen LogP contribution in [0.3, 0.4) is 0 Å². The molecule has 2 aliphatic rings. The van der Waals surface area contributed by atoms with Gasteiger partial charge in [0.15, 0.2) is 0 Å². The molecule has 2 N–H and O–H groups in total. The van der Waals surface area contributed by atoms with Gasteiger partial charge in [-0.15, -0.1) is 0 Å². The van der Waals surface area contributed by atoms with Gasteiger partial charge in [0, 0.05) is 30.8 Å². The first kappa shape index (κ1) is 20.8. The monoisotopic (exact) mass is 385 g/mol. The Morgan fingerprint density at radius 1 is 1.29 bits per heavy atom. The van der Waals surface area contributed by atoms with Gasteiger partial charge in [-0.05, 0) is 87.2 Å². The molecule has 0 radical (unpaired) electrons. The van der Waals surface area contributed by atoms with Crippen LogP contribution in [0.2, 0.25) is 0 Å². The first-order valence-electron chi connectivity index (χ1n) is 10.8. The van der Waals surface area contributed by atoms with Crippen molar-refractivity contribution in [3.63, 3.8) is 0 Å². The highest BCUT2D eigenvalue weighted by Gasteiger charge is 2.24. The van der Waals surface area contributed by atoms with Crippen LogP contribution >= 0.6 is 0 Å². The van der Waals surface area contributed by atoms with Crippen LogP contribution in [0.4, 0.5) is 5.69 Å². The number of carbonyl (C=O) groups excluding carboxylic acids is 2. The summed E-state index contributed by atoms with van der Waals surface area (Å²) in [7, 11) is 0. The van der Waals surface area contributed by atoms with Crippen molar-refractivity contribution in [2.45, 2.75) is 52.9 Å². The fourth-order valence-electron chi connectivity index (χ4n) is 4.52. The molecule has 1 aromatic carbocycles. The third kappa shape index (κ3) is 5.34. The van der Waals surface area contributed by atoms with Crippen LogP contribution in [-0.4, -0.2) is 42.9 Å². The number of rotatable bonds is 5. The molecule has 154 valence electrons. The van der Waals surface area contributed by atoms with E-state index >= 15 is 0 Å². The fraction of sp³-hybridized carbons (Fsp3) is 0.652. The third-order valence-electron chi connectivity index (χ3n) is 6.34. The smallest absolute Gasteiger partial charge is 0.253 e. The van der Waals surface area contributed by atoms with Crippen molar-refractivity contribution in [1.29, 1.82) is 0 Å². The maximum absolute atomic E-state index is 12.8. The van der Waals surface area contributed by atoms with Crippen LogP contribution in [0.5, 0.6) is 0 Å². The Labute approximate surface area is 169 Å². The van der Waals surface area contributed by atoms with Gasteiger partial charge in [0.05, 0.1) is 0 Å². The number of hydrogen-bond acceptors (Lipinski definition) is 3. The van der Waals surface area contributed by atoms with Gasteiger partial charge in [0.25, 0.3) is 5.91 Å². The van der Waals surface area contributed by atoms with E-state index in [-0.39, 0.29) is 11.8 Å². The number of piperidine rings is 2. The zero-order valence-electron chi connectivity index (χ0n) is 17.6. The molecular weight excluding hydrogens is 350 g/mol. The van der Waals surface area contributed by atoms with E-state index in [1.807, 2.05) is 30.0 Å². The van der Waals surface area contributed by atoms with Crippen molar-refractivity contribution in [1.82, 2.24) is 10.2 Å². The first-order chi connectivity index (χ1) is 13.4. The molecule has 2 heterocycles. The number of hydrogen-bond donors (Lipinski definition) is 2. The van der Waals surface area contributed by atoms with Gasteiger partial charge in [-0.1, -0.05) is 13.8 Å². The molecule has 28 heavy (non-hydrogen) atoms. The zero-order chi connectivity index (χ0) is 20.1. The van der Waals surface area contributed by atoms with Gasteiger partial charge in [-0.25, -0.2) is 0 Å². The molecule has 5 heteroatoms. The van der Waals surface area contributed by atoms with Gasteiger partial charge >= 0.3 is 0 Å². The second-order valence-corrected chi connectivity index (χ2v) is 8.86. The van der Waals surface area contributed by atoms with Crippen molar-refractivity contribution >= 4 is 17.5 Å². The second kappa shape index (κ2) is 9.55. The van der Waals surface area contributed by atoms with E-state index in [9.17, 15) is 9.59 Å². The van der Waals surface area contributed by atoms with Gasteiger partial charge < -0.3 is 15.5 Å². The van der Waals surface area contributed by atoms with Gasteiger partial charge in [0.2, 0.25) is 5.91 Å². The van der Waals surface area contributed by atoms with Gasteiger partial charge in [-0.2, -0.15) is 0 Å². The second-order valence-electron chi connectivity index (χ2n) is 8.86. The predicted molar refractivity (Wildman–Crippen MR) is 113 cm³/mol. The Morgan fingerprint density at radius 3 is 2.79 bits per heavy atom. The lowest BCUT2D eigenvalue weighted by atomic mass is 9.85. The van der Waals surface area contributed by atoms with E-state index in [2.05, 4.69) is 24.5 Å². The number of carbonyl (C=O) groups is 2. The molecular formula is C23H35N3O2. The van der Waals surface area contributed by atoms with Gasteiger partial charge in [0.1, 0.15) is 0 Å². The van der Waals surface area contributed by atoms with Crippen LogP contribution in [0.25, 0.3) is 0 Å². The van der Waals surface area contributed by atoms with E-state index < -0.39 is 0 Å². The Kier molecular flexibility index (Phi) is 7.11. The molecule has 3 unspecified atom stereocenters. The Balaban J connectivity index is 1.57. The molecule has 2 amide bonds. The van der Waals surface area contributed by atoms with E-state index in [1.165, 1.54) is 19.3 Å². The highest BCUT2D eigenvalue weighted by Crippen LogP contribution is 2.25. The summed E-state index contributed by atoms with van der Waals surface area (Å²) in [6.45, 7) is 10.1.